The van der Waals surface area contributed by atoms with Crippen LogP contribution in [0.15, 0.2) is 0 Å². The van der Waals surface area contributed by atoms with E-state index < -0.39 is 0 Å². The maximum Gasteiger partial charge on any atom is 0.230 e. The van der Waals surface area contributed by atoms with Crippen molar-refractivity contribution in [1.29, 1.82) is 0 Å². The van der Waals surface area contributed by atoms with Gasteiger partial charge in [0.05, 0.1) is 12.6 Å². The van der Waals surface area contributed by atoms with Crippen LogP contribution in [0.2, 0.25) is 0 Å². The van der Waals surface area contributed by atoms with Crippen molar-refractivity contribution in [1.82, 2.24) is 4.90 Å². The minimum Gasteiger partial charge on any atom is -0.394 e. The maximum atomic E-state index is 11.0. The molecule has 0 aromatic heterocycles. The highest BCUT2D eigenvalue weighted by Crippen LogP contribution is 2.14. The molecule has 0 bridgehead atoms. The number of nitrogens with zero attached hydrogens (tertiary/aromatic N) is 1. The smallest absolute Gasteiger partial charge is 0.230 e. The number of hydrogen-bond donors (Lipinski definition) is 1. The van der Waals surface area contributed by atoms with Gasteiger partial charge in [-0.2, -0.15) is 0 Å². The average molecular weight is 157 g/mol. The van der Waals surface area contributed by atoms with Gasteiger partial charge in [-0.05, 0) is 6.92 Å². The van der Waals surface area contributed by atoms with E-state index in [0.717, 1.165) is 4.90 Å². The molecule has 0 aromatic rings. The van der Waals surface area contributed by atoms with E-state index in [9.17, 15) is 9.59 Å². The zero-order chi connectivity index (χ0) is 8.43. The van der Waals surface area contributed by atoms with Gasteiger partial charge in [-0.1, -0.05) is 0 Å². The fourth-order valence-electron chi connectivity index (χ4n) is 1.17. The van der Waals surface area contributed by atoms with Crippen molar-refractivity contribution in [2.75, 3.05) is 6.61 Å². The second-order valence-corrected chi connectivity index (χ2v) is 2.69. The third-order valence-electron chi connectivity index (χ3n) is 1.80. The molecule has 1 aliphatic heterocycles. The molecule has 0 aromatic carbocycles. The number of aliphatic hydroxyl groups excluding tert-OH is 1. The molecular formula is C7H11NO3. The Bertz CT molecular complexity index is 174. The van der Waals surface area contributed by atoms with Crippen molar-refractivity contribution in [3.05, 3.63) is 0 Å². The molecule has 1 rings (SSSR count). The summed E-state index contributed by atoms with van der Waals surface area (Å²) in [5.74, 6) is -0.340. The molecule has 1 saturated heterocycles. The molecule has 0 saturated carbocycles. The molecular weight excluding hydrogens is 146 g/mol. The van der Waals surface area contributed by atoms with Crippen LogP contribution in [-0.4, -0.2) is 34.5 Å². The molecule has 11 heavy (non-hydrogen) atoms. The molecule has 0 spiro atoms. The lowest BCUT2D eigenvalue weighted by Crippen LogP contribution is -2.39. The van der Waals surface area contributed by atoms with Crippen LogP contribution in [-0.2, 0) is 9.59 Å². The summed E-state index contributed by atoms with van der Waals surface area (Å²) in [6.45, 7) is 1.50. The summed E-state index contributed by atoms with van der Waals surface area (Å²) in [5.41, 5.74) is 0. The first-order valence-corrected chi connectivity index (χ1v) is 3.62. The zero-order valence-electron chi connectivity index (χ0n) is 6.41. The van der Waals surface area contributed by atoms with Crippen molar-refractivity contribution in [2.45, 2.75) is 25.8 Å². The summed E-state index contributed by atoms with van der Waals surface area (Å²) in [4.78, 5) is 23.1. The van der Waals surface area contributed by atoms with E-state index in [-0.39, 0.29) is 24.5 Å². The van der Waals surface area contributed by atoms with Crippen LogP contribution in [0.1, 0.15) is 19.8 Å². The standard InChI is InChI=1S/C7H11NO3/c1-5(4-9)8-6(10)2-3-7(8)11/h5,9H,2-4H2,1H3/t5-/m0/s1. The highest BCUT2D eigenvalue weighted by molar-refractivity contribution is 6.02. The molecule has 1 aliphatic rings. The van der Waals surface area contributed by atoms with Crippen LogP contribution in [0, 0.1) is 0 Å². The second-order valence-electron chi connectivity index (χ2n) is 2.69. The normalized spacial score (nSPS) is 21.1. The predicted molar refractivity (Wildman–Crippen MR) is 37.6 cm³/mol. The number of imide groups is 1. The molecule has 2 amide bonds. The lowest BCUT2D eigenvalue weighted by atomic mass is 10.3. The largest absolute Gasteiger partial charge is 0.394 e. The third-order valence-corrected chi connectivity index (χ3v) is 1.80. The van der Waals surface area contributed by atoms with Gasteiger partial charge in [0.2, 0.25) is 11.8 Å². The molecule has 0 radical (unpaired) electrons. The average Bonchev–Trinajstić information content (AvgIpc) is 2.30. The minimum absolute atomic E-state index is 0.155. The van der Waals surface area contributed by atoms with Crippen LogP contribution in [0.4, 0.5) is 0 Å². The van der Waals surface area contributed by atoms with Gasteiger partial charge in [0, 0.05) is 12.8 Å². The Balaban J connectivity index is 2.68. The number of hydrogen-bond acceptors (Lipinski definition) is 3. The van der Waals surface area contributed by atoms with Crippen LogP contribution < -0.4 is 0 Å². The summed E-state index contributed by atoms with van der Waals surface area (Å²) in [5, 5.41) is 8.68. The van der Waals surface area contributed by atoms with Gasteiger partial charge in [-0.3, -0.25) is 14.5 Å². The number of carbonyl (C=O) groups is 2. The SMILES string of the molecule is C[C@@H](CO)N1C(=O)CCC1=O. The lowest BCUT2D eigenvalue weighted by Gasteiger charge is -2.19. The van der Waals surface area contributed by atoms with Crippen LogP contribution in [0.3, 0.4) is 0 Å². The summed E-state index contributed by atoms with van der Waals surface area (Å²) in [7, 11) is 0. The number of amides is 2. The van der Waals surface area contributed by atoms with Gasteiger partial charge in [0.15, 0.2) is 0 Å². The molecule has 4 heteroatoms. The van der Waals surface area contributed by atoms with Gasteiger partial charge < -0.3 is 5.11 Å². The Morgan fingerprint density at radius 3 is 2.27 bits per heavy atom. The van der Waals surface area contributed by atoms with Crippen molar-refractivity contribution >= 4 is 11.8 Å². The van der Waals surface area contributed by atoms with Crippen molar-refractivity contribution in [3.63, 3.8) is 0 Å². The maximum absolute atomic E-state index is 11.0. The fourth-order valence-corrected chi connectivity index (χ4v) is 1.17. The van der Waals surface area contributed by atoms with E-state index in [2.05, 4.69) is 0 Å². The highest BCUT2D eigenvalue weighted by atomic mass is 16.3. The summed E-state index contributed by atoms with van der Waals surface area (Å²) in [6, 6.07) is -0.363. The Kier molecular flexibility index (Phi) is 2.24. The zero-order valence-corrected chi connectivity index (χ0v) is 6.41. The number of aliphatic hydroxyl groups is 1. The topological polar surface area (TPSA) is 57.6 Å². The molecule has 1 heterocycles. The fraction of sp³-hybridized carbons (Fsp3) is 0.714. The van der Waals surface area contributed by atoms with Crippen LogP contribution in [0.25, 0.3) is 0 Å². The summed E-state index contributed by atoms with van der Waals surface area (Å²) < 4.78 is 0. The predicted octanol–water partition coefficient (Wildman–Crippen LogP) is -0.484. The second kappa shape index (κ2) is 3.00. The molecule has 0 unspecified atom stereocenters. The molecule has 1 atom stereocenters. The van der Waals surface area contributed by atoms with Gasteiger partial charge in [-0.15, -0.1) is 0 Å². The number of carbonyl (C=O) groups excluding carboxylic acids is 2. The van der Waals surface area contributed by atoms with E-state index in [0.29, 0.717) is 12.8 Å². The van der Waals surface area contributed by atoms with Gasteiger partial charge in [-0.25, -0.2) is 0 Å². The molecule has 1 N–H and O–H groups in total. The summed E-state index contributed by atoms with van der Waals surface area (Å²) >= 11 is 0. The van der Waals surface area contributed by atoms with Crippen molar-refractivity contribution in [2.24, 2.45) is 0 Å². The first-order chi connectivity index (χ1) is 5.16. The Morgan fingerprint density at radius 1 is 1.45 bits per heavy atom. The van der Waals surface area contributed by atoms with Gasteiger partial charge in [0.1, 0.15) is 0 Å². The van der Waals surface area contributed by atoms with Gasteiger partial charge >= 0.3 is 0 Å². The number of likely N-dealkylation sites (tertiary alicyclic amines) is 1. The molecule has 1 fully saturated rings. The Morgan fingerprint density at radius 2 is 1.91 bits per heavy atom. The quantitative estimate of drug-likeness (QED) is 0.550. The Labute approximate surface area is 64.8 Å². The van der Waals surface area contributed by atoms with Crippen molar-refractivity contribution < 1.29 is 14.7 Å². The third kappa shape index (κ3) is 1.40. The first kappa shape index (κ1) is 8.20. The van der Waals surface area contributed by atoms with E-state index in [1.807, 2.05) is 0 Å². The molecule has 62 valence electrons. The van der Waals surface area contributed by atoms with E-state index >= 15 is 0 Å². The van der Waals surface area contributed by atoms with Crippen LogP contribution >= 0.6 is 0 Å². The Hall–Kier alpha value is -0.900. The molecule has 0 aliphatic carbocycles. The van der Waals surface area contributed by atoms with Crippen molar-refractivity contribution in [3.8, 4) is 0 Å². The van der Waals surface area contributed by atoms with Crippen LogP contribution in [0.5, 0.6) is 0 Å². The van der Waals surface area contributed by atoms with E-state index in [4.69, 9.17) is 5.11 Å². The van der Waals surface area contributed by atoms with Gasteiger partial charge in [0.25, 0.3) is 0 Å². The van der Waals surface area contributed by atoms with E-state index in [1.165, 1.54) is 0 Å². The summed E-state index contributed by atoms with van der Waals surface area (Å²) in [6.07, 6.45) is 0.590. The molecule has 4 nitrogen and oxygen atoms in total. The lowest BCUT2D eigenvalue weighted by molar-refractivity contribution is -0.141. The monoisotopic (exact) mass is 157 g/mol. The first-order valence-electron chi connectivity index (χ1n) is 3.62. The number of rotatable bonds is 2. The van der Waals surface area contributed by atoms with E-state index in [1.54, 1.807) is 6.92 Å². The highest BCUT2D eigenvalue weighted by Gasteiger charge is 2.32. The minimum atomic E-state index is -0.363.